The Kier molecular flexibility index (Phi) is 8.77. The maximum Gasteiger partial charge on any atom is 0.337 e. The predicted molar refractivity (Wildman–Crippen MR) is 167 cm³/mol. The summed E-state index contributed by atoms with van der Waals surface area (Å²) in [5, 5.41) is 5.70. The van der Waals surface area contributed by atoms with Crippen LogP contribution in [0.3, 0.4) is 0 Å². The second-order valence-electron chi connectivity index (χ2n) is 10.7. The highest BCUT2D eigenvalue weighted by Crippen LogP contribution is 2.34. The molecular formula is C31H31BrFN5O5. The van der Waals surface area contributed by atoms with E-state index >= 15 is 0 Å². The summed E-state index contributed by atoms with van der Waals surface area (Å²) < 4.78 is 18.9. The lowest BCUT2D eigenvalue weighted by Crippen LogP contribution is -2.41. The number of carbonyl (C=O) groups excluding carboxylic acids is 2. The molecule has 2 N–H and O–H groups in total. The normalized spacial score (nSPS) is 12.8. The SMILES string of the molecule is CCCCC(=O)CCC(=O)Nc1cccc(-n2c(=O)n(C3CC3)c(=O)c3c(Nc4ccc(Br)cc4F)cc(=O)n(C)c32)c1. The molecule has 12 heteroatoms. The van der Waals surface area contributed by atoms with Crippen molar-refractivity contribution in [1.82, 2.24) is 13.7 Å². The van der Waals surface area contributed by atoms with E-state index in [1.165, 1.54) is 38.9 Å². The zero-order chi connectivity index (χ0) is 30.8. The molecule has 1 aliphatic rings. The first-order valence-electron chi connectivity index (χ1n) is 14.1. The van der Waals surface area contributed by atoms with Crippen molar-refractivity contribution in [2.75, 3.05) is 10.6 Å². The molecule has 1 fully saturated rings. The Hall–Kier alpha value is -4.32. The average Bonchev–Trinajstić information content (AvgIpc) is 3.80. The minimum Gasteiger partial charge on any atom is -0.352 e. The number of amides is 1. The number of nitrogens with one attached hydrogen (secondary N) is 2. The molecule has 0 aliphatic heterocycles. The van der Waals surface area contributed by atoms with Crippen molar-refractivity contribution >= 4 is 55.7 Å². The number of aromatic nitrogens is 3. The molecule has 0 spiro atoms. The van der Waals surface area contributed by atoms with Gasteiger partial charge in [0.05, 0.1) is 17.1 Å². The third-order valence-electron chi connectivity index (χ3n) is 7.39. The van der Waals surface area contributed by atoms with Crippen LogP contribution in [0.4, 0.5) is 21.5 Å². The number of rotatable bonds is 11. The van der Waals surface area contributed by atoms with Gasteiger partial charge in [0.15, 0.2) is 0 Å². The van der Waals surface area contributed by atoms with Gasteiger partial charge in [-0.15, -0.1) is 0 Å². The van der Waals surface area contributed by atoms with Crippen LogP contribution >= 0.6 is 15.9 Å². The Balaban J connectivity index is 1.62. The molecule has 0 saturated heterocycles. The number of anilines is 3. The van der Waals surface area contributed by atoms with E-state index in [1.807, 2.05) is 6.92 Å². The van der Waals surface area contributed by atoms with Gasteiger partial charge in [-0.1, -0.05) is 35.3 Å². The van der Waals surface area contributed by atoms with E-state index < -0.39 is 22.6 Å². The number of fused-ring (bicyclic) bond motifs is 1. The predicted octanol–water partition coefficient (Wildman–Crippen LogP) is 5.31. The summed E-state index contributed by atoms with van der Waals surface area (Å²) in [7, 11) is 1.45. The topological polar surface area (TPSA) is 124 Å². The van der Waals surface area contributed by atoms with E-state index in [2.05, 4.69) is 26.6 Å². The number of pyridine rings is 1. The van der Waals surface area contributed by atoms with E-state index in [9.17, 15) is 28.4 Å². The molecule has 2 aromatic carbocycles. The Morgan fingerprint density at radius 2 is 1.77 bits per heavy atom. The van der Waals surface area contributed by atoms with Gasteiger partial charge >= 0.3 is 5.69 Å². The van der Waals surface area contributed by atoms with E-state index in [0.717, 1.165) is 12.8 Å². The molecule has 0 bridgehead atoms. The zero-order valence-corrected chi connectivity index (χ0v) is 25.4. The van der Waals surface area contributed by atoms with Gasteiger partial charge in [0.1, 0.15) is 22.6 Å². The number of carbonyl (C=O) groups is 2. The van der Waals surface area contributed by atoms with Crippen LogP contribution in [0.1, 0.15) is 57.9 Å². The second kappa shape index (κ2) is 12.5. The minimum absolute atomic E-state index is 0.0180. The molecule has 10 nitrogen and oxygen atoms in total. The summed E-state index contributed by atoms with van der Waals surface area (Å²) in [6.45, 7) is 2.00. The van der Waals surface area contributed by atoms with Crippen LogP contribution in [0.15, 0.2) is 67.4 Å². The van der Waals surface area contributed by atoms with Crippen molar-refractivity contribution in [3.8, 4) is 5.69 Å². The van der Waals surface area contributed by atoms with Crippen LogP contribution in [-0.2, 0) is 16.6 Å². The number of benzene rings is 2. The summed E-state index contributed by atoms with van der Waals surface area (Å²) in [4.78, 5) is 65.5. The Morgan fingerprint density at radius 3 is 2.47 bits per heavy atom. The summed E-state index contributed by atoms with van der Waals surface area (Å²) in [5.74, 6) is -0.924. The van der Waals surface area contributed by atoms with Crippen molar-refractivity contribution in [2.24, 2.45) is 7.05 Å². The molecule has 1 saturated carbocycles. The number of aryl methyl sites for hydroxylation is 1. The van der Waals surface area contributed by atoms with E-state index in [0.29, 0.717) is 35.1 Å². The van der Waals surface area contributed by atoms with Gasteiger partial charge in [0.25, 0.3) is 11.1 Å². The smallest absolute Gasteiger partial charge is 0.337 e. The first-order valence-corrected chi connectivity index (χ1v) is 14.9. The van der Waals surface area contributed by atoms with Crippen LogP contribution in [-0.4, -0.2) is 25.4 Å². The highest BCUT2D eigenvalue weighted by molar-refractivity contribution is 9.10. The van der Waals surface area contributed by atoms with E-state index in [4.69, 9.17) is 0 Å². The summed E-state index contributed by atoms with van der Waals surface area (Å²) in [6, 6.07) is 11.7. The average molecular weight is 653 g/mol. The lowest BCUT2D eigenvalue weighted by atomic mass is 10.1. The van der Waals surface area contributed by atoms with Gasteiger partial charge < -0.3 is 10.6 Å². The maximum absolute atomic E-state index is 14.8. The van der Waals surface area contributed by atoms with Gasteiger partial charge in [-0.05, 0) is 55.7 Å². The first-order chi connectivity index (χ1) is 20.6. The zero-order valence-electron chi connectivity index (χ0n) is 23.8. The molecule has 1 amide bonds. The summed E-state index contributed by atoms with van der Waals surface area (Å²) in [5.41, 5.74) is -0.938. The van der Waals surface area contributed by atoms with Crippen molar-refractivity contribution in [3.05, 3.63) is 90.0 Å². The lowest BCUT2D eigenvalue weighted by Gasteiger charge is -2.19. The number of halogens is 2. The fourth-order valence-electron chi connectivity index (χ4n) is 4.98. The molecule has 2 aromatic heterocycles. The van der Waals surface area contributed by atoms with Crippen molar-refractivity contribution in [3.63, 3.8) is 0 Å². The summed E-state index contributed by atoms with van der Waals surface area (Å²) in [6.07, 6.45) is 3.57. The van der Waals surface area contributed by atoms with Gasteiger partial charge in [0.2, 0.25) is 5.91 Å². The largest absolute Gasteiger partial charge is 0.352 e. The number of hydrogen-bond acceptors (Lipinski definition) is 6. The molecule has 5 rings (SSSR count). The van der Waals surface area contributed by atoms with Crippen LogP contribution in [0, 0.1) is 5.82 Å². The van der Waals surface area contributed by atoms with Gasteiger partial charge in [-0.25, -0.2) is 13.8 Å². The number of nitrogens with zero attached hydrogens (tertiary/aromatic N) is 3. The highest BCUT2D eigenvalue weighted by Gasteiger charge is 2.31. The fourth-order valence-corrected chi connectivity index (χ4v) is 5.32. The van der Waals surface area contributed by atoms with Crippen LogP contribution in [0.5, 0.6) is 0 Å². The van der Waals surface area contributed by atoms with Crippen LogP contribution in [0.2, 0.25) is 0 Å². The Bertz CT molecular complexity index is 1930. The minimum atomic E-state index is -0.632. The number of unbranched alkanes of at least 4 members (excludes halogenated alkanes) is 1. The highest BCUT2D eigenvalue weighted by atomic mass is 79.9. The third-order valence-corrected chi connectivity index (χ3v) is 7.88. The van der Waals surface area contributed by atoms with Crippen molar-refractivity contribution < 1.29 is 14.0 Å². The third kappa shape index (κ3) is 6.38. The molecule has 224 valence electrons. The number of Topliss-reactive ketones (excluding diaryl/α,β-unsaturated/α-hetero) is 1. The quantitative estimate of drug-likeness (QED) is 0.227. The monoisotopic (exact) mass is 651 g/mol. The van der Waals surface area contributed by atoms with Crippen LogP contribution in [0.25, 0.3) is 16.7 Å². The maximum atomic E-state index is 14.8. The molecule has 4 aromatic rings. The molecule has 0 unspecified atom stereocenters. The standard InChI is InChI=1S/C31H31BrFN5O5/c1-3-4-8-22(39)12-14-26(40)34-19-6-5-7-21(16-19)37-29-28(30(42)38(31(37)43)20-10-11-20)25(17-27(41)36(29)2)35-24-13-9-18(32)15-23(24)33/h5-7,9,13,15-17,20,35H,3-4,8,10-12,14H2,1-2H3,(H,34,40). The number of hydrogen-bond donors (Lipinski definition) is 2. The fraction of sp³-hybridized carbons (Fsp3) is 0.323. The van der Waals surface area contributed by atoms with Crippen molar-refractivity contribution in [1.29, 1.82) is 0 Å². The molecule has 0 atom stereocenters. The first kappa shape index (κ1) is 30.1. The van der Waals surface area contributed by atoms with Crippen LogP contribution < -0.4 is 27.4 Å². The molecule has 2 heterocycles. The van der Waals surface area contributed by atoms with Gasteiger partial charge in [-0.2, -0.15) is 0 Å². The van der Waals surface area contributed by atoms with Gasteiger partial charge in [0, 0.05) is 48.6 Å². The lowest BCUT2D eigenvalue weighted by molar-refractivity contribution is -0.123. The Labute approximate surface area is 254 Å². The second-order valence-corrected chi connectivity index (χ2v) is 11.6. The molecular weight excluding hydrogens is 621 g/mol. The van der Waals surface area contributed by atoms with Crippen molar-refractivity contribution in [2.45, 2.75) is 57.9 Å². The molecule has 1 aliphatic carbocycles. The van der Waals surface area contributed by atoms with E-state index in [-0.39, 0.29) is 53.0 Å². The number of ketones is 1. The van der Waals surface area contributed by atoms with Gasteiger partial charge in [-0.3, -0.25) is 28.3 Å². The Morgan fingerprint density at radius 1 is 1.00 bits per heavy atom. The summed E-state index contributed by atoms with van der Waals surface area (Å²) >= 11 is 3.22. The molecule has 0 radical (unpaired) electrons. The van der Waals surface area contributed by atoms with E-state index in [1.54, 1.807) is 30.3 Å². The molecule has 43 heavy (non-hydrogen) atoms.